The molecule has 17 heavy (non-hydrogen) atoms. The number of ether oxygens (including phenoxy) is 1. The van der Waals surface area contributed by atoms with Crippen LogP contribution in [0.3, 0.4) is 0 Å². The van der Waals surface area contributed by atoms with Gasteiger partial charge >= 0.3 is 0 Å². The maximum absolute atomic E-state index is 5.81. The lowest BCUT2D eigenvalue weighted by molar-refractivity contribution is 0.198. The third kappa shape index (κ3) is 3.60. The fourth-order valence-electron chi connectivity index (χ4n) is 1.49. The van der Waals surface area contributed by atoms with Gasteiger partial charge in [-0.15, -0.1) is 0 Å². The van der Waals surface area contributed by atoms with Gasteiger partial charge < -0.3 is 4.74 Å². The highest BCUT2D eigenvalue weighted by Gasteiger charge is 2.11. The van der Waals surface area contributed by atoms with Crippen molar-refractivity contribution >= 4 is 11.3 Å². The summed E-state index contributed by atoms with van der Waals surface area (Å²) in [4.78, 5) is 0. The zero-order valence-corrected chi connectivity index (χ0v) is 11.4. The second kappa shape index (κ2) is 4.92. The van der Waals surface area contributed by atoms with E-state index in [-0.39, 0.29) is 5.41 Å². The Kier molecular flexibility index (Phi) is 3.53. The summed E-state index contributed by atoms with van der Waals surface area (Å²) in [5.41, 5.74) is 2.67. The highest BCUT2D eigenvalue weighted by molar-refractivity contribution is 7.08. The summed E-state index contributed by atoms with van der Waals surface area (Å²) >= 11 is 1.72. The monoisotopic (exact) mass is 246 g/mol. The molecule has 2 heteroatoms. The third-order valence-electron chi connectivity index (χ3n) is 2.36. The van der Waals surface area contributed by atoms with Crippen molar-refractivity contribution < 1.29 is 4.74 Å². The summed E-state index contributed by atoms with van der Waals surface area (Å²) in [5.74, 6) is 0.948. The Morgan fingerprint density at radius 1 is 1.12 bits per heavy atom. The Bertz CT molecular complexity index is 466. The lowest BCUT2D eigenvalue weighted by atomic mass is 9.99. The molecule has 2 aromatic rings. The molecule has 0 aliphatic carbocycles. The van der Waals surface area contributed by atoms with Gasteiger partial charge in [-0.05, 0) is 45.5 Å². The van der Waals surface area contributed by atoms with E-state index in [0.717, 1.165) is 12.4 Å². The van der Waals surface area contributed by atoms with Gasteiger partial charge in [0.25, 0.3) is 0 Å². The first-order valence-corrected chi connectivity index (χ1v) is 6.74. The van der Waals surface area contributed by atoms with Crippen molar-refractivity contribution in [1.29, 1.82) is 0 Å². The lowest BCUT2D eigenvalue weighted by Crippen LogP contribution is -2.16. The van der Waals surface area contributed by atoms with Crippen molar-refractivity contribution in [2.24, 2.45) is 5.41 Å². The van der Waals surface area contributed by atoms with Gasteiger partial charge in [0.15, 0.2) is 0 Å². The topological polar surface area (TPSA) is 9.23 Å². The van der Waals surface area contributed by atoms with E-state index in [1.54, 1.807) is 11.3 Å². The molecule has 0 spiro atoms. The molecule has 0 saturated heterocycles. The van der Waals surface area contributed by atoms with Crippen molar-refractivity contribution in [2.45, 2.75) is 20.8 Å². The first kappa shape index (κ1) is 12.2. The van der Waals surface area contributed by atoms with Gasteiger partial charge in [-0.2, -0.15) is 11.3 Å². The minimum absolute atomic E-state index is 0.193. The predicted octanol–water partition coefficient (Wildman–Crippen LogP) is 4.84. The quantitative estimate of drug-likeness (QED) is 0.753. The first-order valence-electron chi connectivity index (χ1n) is 5.80. The van der Waals surface area contributed by atoms with E-state index in [0.29, 0.717) is 0 Å². The van der Waals surface area contributed by atoms with Crippen LogP contribution in [0.2, 0.25) is 0 Å². The second-order valence-electron chi connectivity index (χ2n) is 5.39. The van der Waals surface area contributed by atoms with E-state index >= 15 is 0 Å². The molecule has 0 unspecified atom stereocenters. The van der Waals surface area contributed by atoms with Gasteiger partial charge in [-0.25, -0.2) is 0 Å². The highest BCUT2D eigenvalue weighted by Crippen LogP contribution is 2.26. The molecule has 0 fully saturated rings. The summed E-state index contributed by atoms with van der Waals surface area (Å²) < 4.78 is 5.81. The SMILES string of the molecule is CC(C)(C)COc1cccc(-c2ccsc2)c1. The summed E-state index contributed by atoms with van der Waals surface area (Å²) in [7, 11) is 0. The second-order valence-corrected chi connectivity index (χ2v) is 6.17. The molecule has 0 aliphatic heterocycles. The molecule has 1 aromatic carbocycles. The smallest absolute Gasteiger partial charge is 0.119 e. The van der Waals surface area contributed by atoms with Crippen LogP contribution in [0.5, 0.6) is 5.75 Å². The molecule has 0 saturated carbocycles. The van der Waals surface area contributed by atoms with Crippen molar-refractivity contribution in [3.8, 4) is 16.9 Å². The fraction of sp³-hybridized carbons (Fsp3) is 0.333. The molecule has 0 N–H and O–H groups in total. The van der Waals surface area contributed by atoms with Crippen LogP contribution < -0.4 is 4.74 Å². The first-order chi connectivity index (χ1) is 8.04. The molecule has 0 atom stereocenters. The Morgan fingerprint density at radius 2 is 1.94 bits per heavy atom. The van der Waals surface area contributed by atoms with E-state index in [1.807, 2.05) is 12.1 Å². The van der Waals surface area contributed by atoms with Gasteiger partial charge in [-0.3, -0.25) is 0 Å². The van der Waals surface area contributed by atoms with Crippen LogP contribution in [-0.2, 0) is 0 Å². The van der Waals surface area contributed by atoms with Crippen LogP contribution in [0.25, 0.3) is 11.1 Å². The lowest BCUT2D eigenvalue weighted by Gasteiger charge is -2.19. The summed E-state index contributed by atoms with van der Waals surface area (Å²) in [6.45, 7) is 7.27. The van der Waals surface area contributed by atoms with Crippen LogP contribution in [0.15, 0.2) is 41.1 Å². The van der Waals surface area contributed by atoms with Crippen molar-refractivity contribution in [2.75, 3.05) is 6.61 Å². The minimum atomic E-state index is 0.193. The predicted molar refractivity (Wildman–Crippen MR) is 74.7 cm³/mol. The molecular formula is C15H18OS. The van der Waals surface area contributed by atoms with Crippen LogP contribution in [0.1, 0.15) is 20.8 Å². The van der Waals surface area contributed by atoms with Crippen molar-refractivity contribution in [1.82, 2.24) is 0 Å². The fourth-order valence-corrected chi connectivity index (χ4v) is 2.16. The molecule has 0 bridgehead atoms. The van der Waals surface area contributed by atoms with Gasteiger partial charge in [0.05, 0.1) is 6.61 Å². The summed E-state index contributed by atoms with van der Waals surface area (Å²) in [5, 5.41) is 4.25. The Morgan fingerprint density at radius 3 is 2.59 bits per heavy atom. The van der Waals surface area contributed by atoms with Gasteiger partial charge in [-0.1, -0.05) is 32.9 Å². The molecule has 90 valence electrons. The Labute approximate surface area is 107 Å². The van der Waals surface area contributed by atoms with E-state index in [4.69, 9.17) is 4.74 Å². The van der Waals surface area contributed by atoms with Crippen LogP contribution in [-0.4, -0.2) is 6.61 Å². The number of thiophene rings is 1. The zero-order valence-electron chi connectivity index (χ0n) is 10.6. The molecular weight excluding hydrogens is 228 g/mol. The van der Waals surface area contributed by atoms with Crippen LogP contribution in [0, 0.1) is 5.41 Å². The average Bonchev–Trinajstić information content (AvgIpc) is 2.79. The number of benzene rings is 1. The molecule has 1 heterocycles. The van der Waals surface area contributed by atoms with Gasteiger partial charge in [0.2, 0.25) is 0 Å². The molecule has 1 nitrogen and oxygen atoms in total. The van der Waals surface area contributed by atoms with Gasteiger partial charge in [0.1, 0.15) is 5.75 Å². The molecule has 0 aliphatic rings. The number of rotatable bonds is 3. The molecule has 2 rings (SSSR count). The van der Waals surface area contributed by atoms with Crippen LogP contribution in [0.4, 0.5) is 0 Å². The summed E-state index contributed by atoms with van der Waals surface area (Å²) in [6, 6.07) is 10.4. The van der Waals surface area contributed by atoms with E-state index in [1.165, 1.54) is 11.1 Å². The summed E-state index contributed by atoms with van der Waals surface area (Å²) in [6.07, 6.45) is 0. The number of hydrogen-bond donors (Lipinski definition) is 0. The molecule has 1 aromatic heterocycles. The maximum atomic E-state index is 5.81. The van der Waals surface area contributed by atoms with Crippen LogP contribution >= 0.6 is 11.3 Å². The highest BCUT2D eigenvalue weighted by atomic mass is 32.1. The van der Waals surface area contributed by atoms with Crippen molar-refractivity contribution in [3.63, 3.8) is 0 Å². The van der Waals surface area contributed by atoms with Crippen molar-refractivity contribution in [3.05, 3.63) is 41.1 Å². The molecule has 0 radical (unpaired) electrons. The molecule has 0 amide bonds. The third-order valence-corrected chi connectivity index (χ3v) is 3.04. The zero-order chi connectivity index (χ0) is 12.3. The normalized spacial score (nSPS) is 11.5. The van der Waals surface area contributed by atoms with E-state index in [9.17, 15) is 0 Å². The average molecular weight is 246 g/mol. The number of hydrogen-bond acceptors (Lipinski definition) is 2. The largest absolute Gasteiger partial charge is 0.493 e. The Hall–Kier alpha value is -1.28. The van der Waals surface area contributed by atoms with E-state index < -0.39 is 0 Å². The van der Waals surface area contributed by atoms with Gasteiger partial charge in [0, 0.05) is 0 Å². The standard InChI is InChI=1S/C15H18OS/c1-15(2,3)11-16-14-6-4-5-12(9-14)13-7-8-17-10-13/h4-10H,11H2,1-3H3. The maximum Gasteiger partial charge on any atom is 0.119 e. The van der Waals surface area contributed by atoms with E-state index in [2.05, 4.69) is 49.7 Å². The minimum Gasteiger partial charge on any atom is -0.493 e. The Balaban J connectivity index is 2.12.